The van der Waals surface area contributed by atoms with E-state index in [1.54, 1.807) is 6.92 Å². The number of carbonyl (C=O) groups excluding carboxylic acids is 2. The monoisotopic (exact) mass is 496 g/mol. The first kappa shape index (κ1) is 26.4. The van der Waals surface area contributed by atoms with Crippen molar-refractivity contribution in [2.45, 2.75) is 49.8 Å². The predicted molar refractivity (Wildman–Crippen MR) is 121 cm³/mol. The summed E-state index contributed by atoms with van der Waals surface area (Å²) in [6.45, 7) is 0.529. The first-order valence-corrected chi connectivity index (χ1v) is 11.0. The van der Waals surface area contributed by atoms with Crippen LogP contribution in [-0.2, 0) is 27.9 Å². The fourth-order valence-corrected chi connectivity index (χ4v) is 4.31. The number of piperidine rings is 1. The molecule has 0 aromatic heterocycles. The van der Waals surface area contributed by atoms with Crippen molar-refractivity contribution in [1.82, 2.24) is 10.6 Å². The van der Waals surface area contributed by atoms with Gasteiger partial charge in [-0.25, -0.2) is 9.18 Å². The van der Waals surface area contributed by atoms with Crippen molar-refractivity contribution >= 4 is 11.9 Å². The molecule has 1 aliphatic heterocycles. The summed E-state index contributed by atoms with van der Waals surface area (Å²) in [7, 11) is 0. The Kier molecular flexibility index (Phi) is 7.71. The summed E-state index contributed by atoms with van der Waals surface area (Å²) >= 11 is 0. The third-order valence-electron chi connectivity index (χ3n) is 6.41. The van der Waals surface area contributed by atoms with Crippen LogP contribution in [0.15, 0.2) is 48.5 Å². The van der Waals surface area contributed by atoms with Gasteiger partial charge < -0.3 is 26.8 Å². The summed E-state index contributed by atoms with van der Waals surface area (Å²) < 4.78 is 59.1. The molecule has 3 amide bonds. The highest BCUT2D eigenvalue weighted by Gasteiger charge is 2.48. The molecule has 0 bridgehead atoms. The van der Waals surface area contributed by atoms with E-state index in [2.05, 4.69) is 10.6 Å². The third kappa shape index (κ3) is 5.91. The third-order valence-corrected chi connectivity index (χ3v) is 6.41. The van der Waals surface area contributed by atoms with E-state index in [0.29, 0.717) is 6.42 Å². The van der Waals surface area contributed by atoms with Crippen molar-refractivity contribution < 1.29 is 31.9 Å². The average Bonchev–Trinajstić information content (AvgIpc) is 2.82. The first-order valence-electron chi connectivity index (χ1n) is 11.0. The maximum Gasteiger partial charge on any atom is 0.416 e. The number of rotatable bonds is 8. The Morgan fingerprint density at radius 3 is 2.34 bits per heavy atom. The lowest BCUT2D eigenvalue weighted by Gasteiger charge is -2.46. The molecule has 3 rings (SSSR count). The molecule has 11 heteroatoms. The molecule has 1 aliphatic rings. The fourth-order valence-electron chi connectivity index (χ4n) is 4.31. The molecule has 2 aromatic rings. The van der Waals surface area contributed by atoms with Gasteiger partial charge in [-0.05, 0) is 48.6 Å². The summed E-state index contributed by atoms with van der Waals surface area (Å²) in [5, 5.41) is 5.68. The minimum absolute atomic E-state index is 0.0186. The normalized spacial score (nSPS) is 23.5. The van der Waals surface area contributed by atoms with Gasteiger partial charge in [0.05, 0.1) is 23.8 Å². The van der Waals surface area contributed by atoms with Crippen LogP contribution in [0, 0.1) is 0 Å². The number of alkyl halides is 4. The Morgan fingerprint density at radius 2 is 1.83 bits per heavy atom. The molecule has 0 spiro atoms. The van der Waals surface area contributed by atoms with Crippen LogP contribution >= 0.6 is 0 Å². The molecular weight excluding hydrogens is 468 g/mol. The van der Waals surface area contributed by atoms with Gasteiger partial charge in [-0.15, -0.1) is 0 Å². The van der Waals surface area contributed by atoms with E-state index in [9.17, 15) is 27.2 Å². The zero-order chi connectivity index (χ0) is 25.9. The average molecular weight is 497 g/mol. The Labute approximate surface area is 200 Å². The largest absolute Gasteiger partial charge is 0.416 e. The topological polar surface area (TPSA) is 119 Å². The van der Waals surface area contributed by atoms with E-state index in [-0.39, 0.29) is 30.7 Å². The van der Waals surface area contributed by atoms with E-state index in [4.69, 9.17) is 16.2 Å². The number of benzene rings is 2. The number of hydrogen-bond acceptors (Lipinski definition) is 4. The molecule has 3 atom stereocenters. The minimum Gasteiger partial charge on any atom is -0.372 e. The van der Waals surface area contributed by atoms with Crippen molar-refractivity contribution in [1.29, 1.82) is 0 Å². The van der Waals surface area contributed by atoms with Crippen LogP contribution in [0.5, 0.6) is 0 Å². The van der Waals surface area contributed by atoms with Crippen molar-refractivity contribution in [3.05, 3.63) is 70.8 Å². The van der Waals surface area contributed by atoms with E-state index in [1.807, 2.05) is 30.3 Å². The van der Waals surface area contributed by atoms with Crippen LogP contribution < -0.4 is 22.1 Å². The van der Waals surface area contributed by atoms with Gasteiger partial charge in [-0.3, -0.25) is 4.79 Å². The molecule has 0 aliphatic carbocycles. The summed E-state index contributed by atoms with van der Waals surface area (Å²) in [4.78, 5) is 23.6. The summed E-state index contributed by atoms with van der Waals surface area (Å²) in [6, 6.07) is 11.3. The fraction of sp³-hybridized carbons (Fsp3) is 0.417. The molecule has 1 unspecified atom stereocenters. The van der Waals surface area contributed by atoms with E-state index >= 15 is 0 Å². The summed E-state index contributed by atoms with van der Waals surface area (Å²) in [5.74, 6) is -0.748. The Hall–Kier alpha value is -3.18. The zero-order valence-electron chi connectivity index (χ0n) is 19.1. The lowest BCUT2D eigenvalue weighted by atomic mass is 9.76. The van der Waals surface area contributed by atoms with Crippen LogP contribution in [0.2, 0.25) is 0 Å². The predicted octanol–water partition coefficient (Wildman–Crippen LogP) is 3.42. The standard InChI is InChI=1S/C24H28F4N4O3/c1-15(17-9-16(12-25)10-19(11-17)24(26,27)28)35-14-23(18-5-3-2-4-6-18)8-7-22(13-31-23,20(29)33)32-21(30)34/h2-6,9-11,15,31H,7-8,12-14H2,1H3,(H2,29,33)(H3,30,32,34)/t15?,22-,23+/m0/s1. The highest BCUT2D eigenvalue weighted by Crippen LogP contribution is 2.37. The lowest BCUT2D eigenvalue weighted by molar-refractivity contribution is -0.137. The van der Waals surface area contributed by atoms with Gasteiger partial charge in [0.1, 0.15) is 12.2 Å². The number of halogens is 4. The van der Waals surface area contributed by atoms with Gasteiger partial charge in [0.2, 0.25) is 5.91 Å². The molecule has 35 heavy (non-hydrogen) atoms. The second kappa shape index (κ2) is 10.2. The van der Waals surface area contributed by atoms with Gasteiger partial charge >= 0.3 is 12.2 Å². The maximum atomic E-state index is 13.3. The van der Waals surface area contributed by atoms with Crippen LogP contribution in [0.25, 0.3) is 0 Å². The maximum absolute atomic E-state index is 13.3. The number of ether oxygens (including phenoxy) is 1. The van der Waals surface area contributed by atoms with E-state index in [0.717, 1.165) is 17.7 Å². The van der Waals surface area contributed by atoms with Gasteiger partial charge in [-0.2, -0.15) is 13.2 Å². The van der Waals surface area contributed by atoms with Crippen LogP contribution in [0.4, 0.5) is 22.4 Å². The van der Waals surface area contributed by atoms with Crippen molar-refractivity contribution in [2.75, 3.05) is 13.2 Å². The highest BCUT2D eigenvalue weighted by molar-refractivity contribution is 5.90. The molecule has 2 aromatic carbocycles. The molecule has 1 saturated heterocycles. The minimum atomic E-state index is -4.62. The van der Waals surface area contributed by atoms with E-state index in [1.165, 1.54) is 6.07 Å². The van der Waals surface area contributed by atoms with Gasteiger partial charge in [0.15, 0.2) is 0 Å². The van der Waals surface area contributed by atoms with Crippen molar-refractivity contribution in [3.8, 4) is 0 Å². The van der Waals surface area contributed by atoms with Crippen LogP contribution in [0.3, 0.4) is 0 Å². The number of hydrogen-bond donors (Lipinski definition) is 4. The molecular formula is C24H28F4N4O3. The zero-order valence-corrected chi connectivity index (χ0v) is 19.1. The number of urea groups is 1. The second-order valence-electron chi connectivity index (χ2n) is 8.79. The Bertz CT molecular complexity index is 1050. The molecule has 1 fully saturated rings. The van der Waals surface area contributed by atoms with Crippen molar-refractivity contribution in [2.24, 2.45) is 11.5 Å². The number of carbonyl (C=O) groups is 2. The Morgan fingerprint density at radius 1 is 1.14 bits per heavy atom. The molecule has 0 radical (unpaired) electrons. The molecule has 7 nitrogen and oxygen atoms in total. The highest BCUT2D eigenvalue weighted by atomic mass is 19.4. The lowest BCUT2D eigenvalue weighted by Crippen LogP contribution is -2.69. The quantitative estimate of drug-likeness (QED) is 0.419. The van der Waals surface area contributed by atoms with Crippen LogP contribution in [0.1, 0.15) is 48.1 Å². The second-order valence-corrected chi connectivity index (χ2v) is 8.79. The van der Waals surface area contributed by atoms with Gasteiger partial charge in [0, 0.05) is 6.54 Å². The number of nitrogens with two attached hydrogens (primary N) is 2. The summed E-state index contributed by atoms with van der Waals surface area (Å²) in [5.41, 5.74) is 8.52. The number of nitrogens with one attached hydrogen (secondary N) is 2. The number of primary amides is 2. The first-order chi connectivity index (χ1) is 16.4. The molecule has 6 N–H and O–H groups in total. The number of amides is 3. The van der Waals surface area contributed by atoms with Crippen molar-refractivity contribution in [3.63, 3.8) is 0 Å². The SMILES string of the molecule is CC(OC[C@@]1(c2ccccc2)CC[C@@](NC(N)=O)(C(N)=O)CN1)c1cc(CF)cc(C(F)(F)F)c1. The smallest absolute Gasteiger partial charge is 0.372 e. The van der Waals surface area contributed by atoms with Gasteiger partial charge in [-0.1, -0.05) is 36.4 Å². The Balaban J connectivity index is 1.86. The van der Waals surface area contributed by atoms with Crippen LogP contribution in [-0.4, -0.2) is 30.6 Å². The molecule has 0 saturated carbocycles. The molecule has 1 heterocycles. The molecule has 190 valence electrons. The van der Waals surface area contributed by atoms with Gasteiger partial charge in [0.25, 0.3) is 0 Å². The van der Waals surface area contributed by atoms with E-state index < -0.39 is 47.5 Å². The summed E-state index contributed by atoms with van der Waals surface area (Å²) in [6.07, 6.45) is -4.97.